The third kappa shape index (κ3) is 4.22. The Bertz CT molecular complexity index is 673. The summed E-state index contributed by atoms with van der Waals surface area (Å²) in [6.07, 6.45) is 2.11. The Hall–Kier alpha value is -2.28. The van der Waals surface area contributed by atoms with Crippen LogP contribution in [0.4, 0.5) is 5.69 Å². The number of aryl methyl sites for hydroxylation is 1. The van der Waals surface area contributed by atoms with Crippen LogP contribution in [-0.2, 0) is 0 Å². The summed E-state index contributed by atoms with van der Waals surface area (Å²) in [5, 5.41) is 11.7. The maximum atomic E-state index is 5.56. The smallest absolute Gasteiger partial charge is 0.233 e. The fourth-order valence-electron chi connectivity index (χ4n) is 3.19. The van der Waals surface area contributed by atoms with Crippen molar-refractivity contribution in [1.82, 2.24) is 15.1 Å². The van der Waals surface area contributed by atoms with Crippen molar-refractivity contribution in [3.8, 4) is 11.5 Å². The molecular formula is C18H26N4O3. The predicted octanol–water partition coefficient (Wildman–Crippen LogP) is 3.03. The summed E-state index contributed by atoms with van der Waals surface area (Å²) >= 11 is 0. The van der Waals surface area contributed by atoms with E-state index < -0.39 is 0 Å². The molecular weight excluding hydrogens is 320 g/mol. The Morgan fingerprint density at radius 3 is 2.28 bits per heavy atom. The maximum absolute atomic E-state index is 5.56. The van der Waals surface area contributed by atoms with E-state index in [0.717, 1.165) is 43.1 Å². The average Bonchev–Trinajstić information content (AvgIpc) is 3.07. The van der Waals surface area contributed by atoms with Crippen LogP contribution in [0.2, 0.25) is 0 Å². The zero-order valence-corrected chi connectivity index (χ0v) is 15.3. The van der Waals surface area contributed by atoms with Crippen LogP contribution in [0.3, 0.4) is 0 Å². The van der Waals surface area contributed by atoms with Crippen molar-refractivity contribution in [1.29, 1.82) is 0 Å². The second-order valence-electron chi connectivity index (χ2n) is 6.39. The van der Waals surface area contributed by atoms with E-state index >= 15 is 0 Å². The van der Waals surface area contributed by atoms with E-state index in [1.54, 1.807) is 14.2 Å². The summed E-state index contributed by atoms with van der Waals surface area (Å²) in [5.74, 6) is 2.89. The largest absolute Gasteiger partial charge is 0.497 e. The molecule has 0 amide bonds. The summed E-state index contributed by atoms with van der Waals surface area (Å²) in [5.41, 5.74) is 1.02. The normalized spacial score (nSPS) is 17.3. The summed E-state index contributed by atoms with van der Waals surface area (Å²) in [7, 11) is 3.33. The van der Waals surface area contributed by atoms with Crippen molar-refractivity contribution < 1.29 is 13.9 Å². The number of hydrogen-bond acceptors (Lipinski definition) is 7. The molecule has 1 aliphatic rings. The standard InChI is InChI=1S/C18H26N4O3/c1-12(18-21-20-13(2)25-18)22-7-5-14(6-8-22)19-15-9-16(23-3)11-17(10-15)24-4/h9-12,14,19H,5-8H2,1-4H3. The zero-order chi connectivity index (χ0) is 17.8. The first-order valence-electron chi connectivity index (χ1n) is 8.62. The van der Waals surface area contributed by atoms with Crippen LogP contribution in [0.1, 0.15) is 37.6 Å². The van der Waals surface area contributed by atoms with Crippen molar-refractivity contribution >= 4 is 5.69 Å². The van der Waals surface area contributed by atoms with E-state index in [2.05, 4.69) is 27.3 Å². The fraction of sp³-hybridized carbons (Fsp3) is 0.556. The van der Waals surface area contributed by atoms with Crippen LogP contribution in [-0.4, -0.2) is 48.4 Å². The quantitative estimate of drug-likeness (QED) is 0.862. The first-order valence-corrected chi connectivity index (χ1v) is 8.62. The topological polar surface area (TPSA) is 72.7 Å². The summed E-state index contributed by atoms with van der Waals surface area (Å²) in [4.78, 5) is 2.39. The molecule has 7 heteroatoms. The van der Waals surface area contributed by atoms with Gasteiger partial charge in [0.15, 0.2) is 0 Å². The molecule has 7 nitrogen and oxygen atoms in total. The van der Waals surface area contributed by atoms with Crippen LogP contribution in [0.5, 0.6) is 11.5 Å². The number of likely N-dealkylation sites (tertiary alicyclic amines) is 1. The van der Waals surface area contributed by atoms with Gasteiger partial charge in [-0.2, -0.15) is 0 Å². The molecule has 1 saturated heterocycles. The highest BCUT2D eigenvalue weighted by molar-refractivity contribution is 5.54. The zero-order valence-electron chi connectivity index (χ0n) is 15.3. The van der Waals surface area contributed by atoms with Crippen LogP contribution in [0.15, 0.2) is 22.6 Å². The van der Waals surface area contributed by atoms with Gasteiger partial charge in [0.1, 0.15) is 11.5 Å². The van der Waals surface area contributed by atoms with Crippen LogP contribution in [0, 0.1) is 6.92 Å². The molecule has 0 saturated carbocycles. The second kappa shape index (κ2) is 7.74. The lowest BCUT2D eigenvalue weighted by atomic mass is 10.0. The first kappa shape index (κ1) is 17.5. The molecule has 1 unspecified atom stereocenters. The minimum absolute atomic E-state index is 0.152. The maximum Gasteiger partial charge on any atom is 0.233 e. The number of piperidine rings is 1. The number of nitrogens with one attached hydrogen (secondary N) is 1. The van der Waals surface area contributed by atoms with Crippen LogP contribution >= 0.6 is 0 Å². The van der Waals surface area contributed by atoms with Gasteiger partial charge in [-0.3, -0.25) is 4.90 Å². The van der Waals surface area contributed by atoms with Crippen molar-refractivity contribution in [2.45, 2.75) is 38.8 Å². The molecule has 3 rings (SSSR count). The molecule has 1 aromatic carbocycles. The molecule has 2 aromatic rings. The molecule has 0 aliphatic carbocycles. The van der Waals surface area contributed by atoms with Crippen molar-refractivity contribution in [2.24, 2.45) is 0 Å². The number of nitrogens with zero attached hydrogens (tertiary/aromatic N) is 3. The molecule has 0 spiro atoms. The van der Waals surface area contributed by atoms with Gasteiger partial charge >= 0.3 is 0 Å². The first-order chi connectivity index (χ1) is 12.1. The van der Waals surface area contributed by atoms with Crippen LogP contribution < -0.4 is 14.8 Å². The number of hydrogen-bond donors (Lipinski definition) is 1. The highest BCUT2D eigenvalue weighted by atomic mass is 16.5. The Balaban J connectivity index is 1.57. The SMILES string of the molecule is COc1cc(NC2CCN(C(C)c3nnc(C)o3)CC2)cc(OC)c1. The van der Waals surface area contributed by atoms with E-state index in [1.807, 2.05) is 25.1 Å². The fourth-order valence-corrected chi connectivity index (χ4v) is 3.19. The Morgan fingerprint density at radius 1 is 1.12 bits per heavy atom. The van der Waals surface area contributed by atoms with Gasteiger partial charge in [0.2, 0.25) is 11.8 Å². The molecule has 1 aliphatic heterocycles. The molecule has 0 radical (unpaired) electrons. The predicted molar refractivity (Wildman–Crippen MR) is 95.2 cm³/mol. The van der Waals surface area contributed by atoms with Gasteiger partial charge < -0.3 is 19.2 Å². The van der Waals surface area contributed by atoms with Crippen molar-refractivity contribution in [2.75, 3.05) is 32.6 Å². The van der Waals surface area contributed by atoms with Gasteiger partial charge in [0.05, 0.1) is 20.3 Å². The number of benzene rings is 1. The van der Waals surface area contributed by atoms with Crippen LogP contribution in [0.25, 0.3) is 0 Å². The second-order valence-corrected chi connectivity index (χ2v) is 6.39. The molecule has 0 bridgehead atoms. The van der Waals surface area contributed by atoms with Crippen molar-refractivity contribution in [3.63, 3.8) is 0 Å². The van der Waals surface area contributed by atoms with Crippen molar-refractivity contribution in [3.05, 3.63) is 30.0 Å². The van der Waals surface area contributed by atoms with Gasteiger partial charge in [0.25, 0.3) is 0 Å². The Morgan fingerprint density at radius 2 is 1.76 bits per heavy atom. The van der Waals surface area contributed by atoms with Gasteiger partial charge in [-0.05, 0) is 19.8 Å². The number of methoxy groups -OCH3 is 2. The van der Waals surface area contributed by atoms with E-state index in [4.69, 9.17) is 13.9 Å². The molecule has 25 heavy (non-hydrogen) atoms. The molecule has 1 fully saturated rings. The molecule has 1 atom stereocenters. The third-order valence-corrected chi connectivity index (χ3v) is 4.70. The monoisotopic (exact) mass is 346 g/mol. The number of aromatic nitrogens is 2. The minimum Gasteiger partial charge on any atom is -0.497 e. The lowest BCUT2D eigenvalue weighted by Crippen LogP contribution is -2.40. The third-order valence-electron chi connectivity index (χ3n) is 4.70. The summed E-state index contributed by atoms with van der Waals surface area (Å²) < 4.78 is 16.2. The lowest BCUT2D eigenvalue weighted by Gasteiger charge is -2.35. The highest BCUT2D eigenvalue weighted by Gasteiger charge is 2.26. The Labute approximate surface area is 148 Å². The lowest BCUT2D eigenvalue weighted by molar-refractivity contribution is 0.146. The summed E-state index contributed by atoms with van der Waals surface area (Å²) in [6, 6.07) is 6.45. The summed E-state index contributed by atoms with van der Waals surface area (Å²) in [6.45, 7) is 5.91. The molecule has 1 aromatic heterocycles. The van der Waals surface area contributed by atoms with Gasteiger partial charge in [-0.25, -0.2) is 0 Å². The molecule has 1 N–H and O–H groups in total. The van der Waals surface area contributed by atoms with Gasteiger partial charge in [0, 0.05) is 49.9 Å². The number of anilines is 1. The van der Waals surface area contributed by atoms with E-state index in [0.29, 0.717) is 17.8 Å². The highest BCUT2D eigenvalue weighted by Crippen LogP contribution is 2.29. The number of ether oxygens (including phenoxy) is 2. The average molecular weight is 346 g/mol. The van der Waals surface area contributed by atoms with E-state index in [-0.39, 0.29) is 6.04 Å². The van der Waals surface area contributed by atoms with Gasteiger partial charge in [-0.15, -0.1) is 10.2 Å². The Kier molecular flexibility index (Phi) is 5.43. The van der Waals surface area contributed by atoms with Gasteiger partial charge in [-0.1, -0.05) is 0 Å². The molecule has 2 heterocycles. The van der Waals surface area contributed by atoms with E-state index in [9.17, 15) is 0 Å². The number of rotatable bonds is 6. The van der Waals surface area contributed by atoms with E-state index in [1.165, 1.54) is 0 Å². The minimum atomic E-state index is 0.152. The molecule has 136 valence electrons.